The number of hydrogen-bond donors (Lipinski definition) is 0. The summed E-state index contributed by atoms with van der Waals surface area (Å²) < 4.78 is 17.0. The Bertz CT molecular complexity index is 73.7. The number of rotatable bonds is 0. The third-order valence-corrected chi connectivity index (χ3v) is 0. The Labute approximate surface area is 80.3 Å². The zero-order valence-corrected chi connectivity index (χ0v) is 8.87. The van der Waals surface area contributed by atoms with Gasteiger partial charge in [0.25, 0.3) is 0 Å². The molecule has 0 rings (SSSR count). The van der Waals surface area contributed by atoms with Gasteiger partial charge in [-0.1, -0.05) is 0 Å². The van der Waals surface area contributed by atoms with Crippen molar-refractivity contribution in [3.63, 3.8) is 0 Å². The van der Waals surface area contributed by atoms with E-state index in [1.54, 1.807) is 0 Å². The molecule has 0 fully saturated rings. The van der Waals surface area contributed by atoms with Gasteiger partial charge in [0.1, 0.15) is 0 Å². The maximum atomic E-state index is 8.52. The summed E-state index contributed by atoms with van der Waals surface area (Å²) in [4.78, 5) is 34.1. The summed E-state index contributed by atoms with van der Waals surface area (Å²) in [6, 6.07) is 0. The molecule has 0 N–H and O–H groups in total. The van der Waals surface area contributed by atoms with Gasteiger partial charge < -0.3 is 28.1 Å². The Kier molecular flexibility index (Phi) is 20.1. The van der Waals surface area contributed by atoms with Gasteiger partial charge in [0.05, 0.1) is 0 Å². The van der Waals surface area contributed by atoms with Crippen LogP contribution in [0.3, 0.4) is 0 Å². The second kappa shape index (κ2) is 11.2. The summed E-state index contributed by atoms with van der Waals surface area (Å²) in [6.07, 6.45) is 0. The minimum absolute atomic E-state index is 0. The van der Waals surface area contributed by atoms with E-state index in [0.29, 0.717) is 0 Å². The maximum absolute atomic E-state index is 8.52. The van der Waals surface area contributed by atoms with Gasteiger partial charge in [-0.05, 0) is 0 Å². The Morgan fingerprint density at radius 2 is 0.889 bits per heavy atom. The summed E-state index contributed by atoms with van der Waals surface area (Å²) in [7, 11) is -7.26. The van der Waals surface area contributed by atoms with Gasteiger partial charge in [0.2, 0.25) is 0 Å². The summed E-state index contributed by atoms with van der Waals surface area (Å²) in [6.45, 7) is 0. The van der Waals surface area contributed by atoms with Crippen LogP contribution in [0.15, 0.2) is 0 Å². The molecule has 0 aromatic heterocycles. The van der Waals surface area contributed by atoms with Crippen molar-refractivity contribution >= 4 is 18.3 Å². The molecule has 0 bridgehead atoms. The van der Waals surface area contributed by atoms with E-state index >= 15 is 0 Å². The molecule has 0 unspecified atom stereocenters. The molecule has 0 atom stereocenters. The van der Waals surface area contributed by atoms with Gasteiger partial charge in [-0.3, -0.25) is 0 Å². The Hall–Kier alpha value is 0.338. The standard InChI is InChI=1S/2O3Si.Y/c2*1-4(2)3;/q2*-2;+3/p+1/i/hT. The molecule has 0 saturated heterocycles. The minimum Gasteiger partial charge on any atom is -0.672 e. The van der Waals surface area contributed by atoms with Crippen molar-refractivity contribution in [2.24, 2.45) is 0 Å². The topological polar surface area (TPSA) is 126 Å². The molecule has 0 saturated carbocycles. The van der Waals surface area contributed by atoms with Crippen LogP contribution in [0.5, 0.6) is 0 Å². The average molecular weight is 244 g/mol. The fourth-order valence-electron chi connectivity index (χ4n) is 0. The van der Waals surface area contributed by atoms with Crippen LogP contribution < -0.4 is 19.2 Å². The molecule has 0 radical (unpaired) electrons. The van der Waals surface area contributed by atoms with E-state index in [1.807, 2.05) is 0 Å². The molecule has 0 aliphatic carbocycles. The SMILES string of the molecule is O=[Si]([O-])[O-].O=[Si]([O-])[O-].[3H+].[Y+3]. The smallest absolute Gasteiger partial charge is 0.672 e. The van der Waals surface area contributed by atoms with Crippen molar-refractivity contribution in [3.05, 3.63) is 0 Å². The van der Waals surface area contributed by atoms with Crippen molar-refractivity contribution < 1.29 is 62.2 Å². The van der Waals surface area contributed by atoms with Crippen LogP contribution >= 0.6 is 0 Å². The van der Waals surface area contributed by atoms with Crippen LogP contribution in [0.2, 0.25) is 0 Å². The molecule has 0 amide bonds. The van der Waals surface area contributed by atoms with Crippen molar-refractivity contribution in [3.8, 4) is 0 Å². The largest absolute Gasteiger partial charge is 3.00 e. The molecule has 6 nitrogen and oxygen atoms in total. The molecule has 0 heterocycles. The number of hydrogen-bond acceptors (Lipinski definition) is 6. The average Bonchev–Trinajstić information content (AvgIpc) is 1.25. The van der Waals surface area contributed by atoms with E-state index < -0.39 is 18.3 Å². The zero-order chi connectivity index (χ0) is 7.15. The van der Waals surface area contributed by atoms with Gasteiger partial charge >= 0.3 is 34.1 Å². The maximum Gasteiger partial charge on any atom is 3.00 e. The molecular weight excluding hydrogens is 241 g/mol. The van der Waals surface area contributed by atoms with Gasteiger partial charge in [-0.2, -0.15) is 0 Å². The van der Waals surface area contributed by atoms with E-state index in [-0.39, 0.29) is 34.1 Å². The Balaban J connectivity index is -0.0000000300. The van der Waals surface area contributed by atoms with Gasteiger partial charge in [0, 0.05) is 18.3 Å². The molecule has 0 aromatic rings. The molecule has 0 aliphatic rings. The normalized spacial score (nSPS) is 5.33. The summed E-state index contributed by atoms with van der Waals surface area (Å²) in [5, 5.41) is 0. The van der Waals surface area contributed by atoms with Gasteiger partial charge in [0.15, 0.2) is 0 Å². The molecule has 48 valence electrons. The predicted octanol–water partition coefficient (Wildman–Crippen LogP) is -5.65. The van der Waals surface area contributed by atoms with Crippen LogP contribution in [0.1, 0.15) is 1.43 Å². The summed E-state index contributed by atoms with van der Waals surface area (Å²) >= 11 is 0. The van der Waals surface area contributed by atoms with Gasteiger partial charge in [-0.15, -0.1) is 0 Å². The van der Waals surface area contributed by atoms with E-state index in [0.717, 1.165) is 0 Å². The van der Waals surface area contributed by atoms with E-state index in [9.17, 15) is 0 Å². The Morgan fingerprint density at radius 3 is 0.889 bits per heavy atom. The molecule has 0 spiro atoms. The van der Waals surface area contributed by atoms with Crippen molar-refractivity contribution in [1.29, 1.82) is 0 Å². The van der Waals surface area contributed by atoms with E-state index in [1.165, 1.54) is 0 Å². The molecule has 9 heteroatoms. The first kappa shape index (κ1) is 16.2. The third-order valence-electron chi connectivity index (χ3n) is 0. The Morgan fingerprint density at radius 1 is 0.889 bits per heavy atom. The van der Waals surface area contributed by atoms with Crippen molar-refractivity contribution in [2.75, 3.05) is 0 Å². The molecule has 0 aromatic carbocycles. The van der Waals surface area contributed by atoms with Crippen LogP contribution in [0.25, 0.3) is 0 Å². The predicted molar refractivity (Wildman–Crippen MR) is 14.0 cm³/mol. The summed E-state index contributed by atoms with van der Waals surface area (Å²) in [5.74, 6) is 0. The first-order valence-corrected chi connectivity index (χ1v) is 3.67. The van der Waals surface area contributed by atoms with E-state index in [2.05, 4.69) is 0 Å². The first-order valence-electron chi connectivity index (χ1n) is 1.22. The van der Waals surface area contributed by atoms with Crippen LogP contribution in [0, 0.1) is 0 Å². The van der Waals surface area contributed by atoms with Crippen LogP contribution in [0.4, 0.5) is 0 Å². The monoisotopic (exact) mass is 244 g/mol. The quantitative estimate of drug-likeness (QED) is 0.391. The molecule has 9 heavy (non-hydrogen) atoms. The fraction of sp³-hybridized carbons (Fsp3) is 0. The molecular formula is HO6Si2Y. The second-order valence-electron chi connectivity index (χ2n) is 0.500. The van der Waals surface area contributed by atoms with Crippen LogP contribution in [-0.2, 0) is 41.6 Å². The fourth-order valence-corrected chi connectivity index (χ4v) is 0. The minimum atomic E-state index is -3.63. The third kappa shape index (κ3) is 2940. The van der Waals surface area contributed by atoms with Gasteiger partial charge in [-0.25, -0.2) is 0 Å². The first-order chi connectivity index (χ1) is 3.46. The van der Waals surface area contributed by atoms with Crippen molar-refractivity contribution in [1.82, 2.24) is 0 Å². The zero-order valence-electron chi connectivity index (χ0n) is 5.03. The molecule has 0 aliphatic heterocycles. The van der Waals surface area contributed by atoms with Crippen LogP contribution in [-0.4, -0.2) is 18.3 Å². The summed E-state index contributed by atoms with van der Waals surface area (Å²) in [5.41, 5.74) is 0. The van der Waals surface area contributed by atoms with E-state index in [4.69, 9.17) is 28.1 Å². The second-order valence-corrected chi connectivity index (χ2v) is 1.50. The van der Waals surface area contributed by atoms with Crippen molar-refractivity contribution in [2.45, 2.75) is 0 Å².